The zero-order valence-electron chi connectivity index (χ0n) is 16.8. The Morgan fingerprint density at radius 1 is 0.875 bits per heavy atom. The summed E-state index contributed by atoms with van der Waals surface area (Å²) >= 11 is 3.31. The van der Waals surface area contributed by atoms with E-state index in [0.717, 1.165) is 9.37 Å². The van der Waals surface area contributed by atoms with Crippen molar-refractivity contribution in [3.63, 3.8) is 0 Å². The number of nitrogens with zero attached hydrogens (tertiary/aromatic N) is 1. The van der Waals surface area contributed by atoms with Crippen LogP contribution in [-0.4, -0.2) is 37.3 Å². The molecule has 0 unspecified atom stereocenters. The molecule has 7 nitrogen and oxygen atoms in total. The van der Waals surface area contributed by atoms with Gasteiger partial charge in [0.25, 0.3) is 11.8 Å². The molecule has 0 aliphatic carbocycles. The number of halogens is 1. The summed E-state index contributed by atoms with van der Waals surface area (Å²) in [5, 5.41) is 0. The van der Waals surface area contributed by atoms with Crippen molar-refractivity contribution in [2.24, 2.45) is 0 Å². The van der Waals surface area contributed by atoms with Crippen molar-refractivity contribution in [3.8, 4) is 5.75 Å². The Balaban J connectivity index is 1.49. The number of ketones is 1. The van der Waals surface area contributed by atoms with Gasteiger partial charge in [0.2, 0.25) is 0 Å². The number of hydrogen-bond donors (Lipinski definition) is 0. The van der Waals surface area contributed by atoms with Crippen molar-refractivity contribution in [1.29, 1.82) is 0 Å². The number of rotatable bonds is 6. The molecule has 0 atom stereocenters. The quantitative estimate of drug-likeness (QED) is 0.289. The fraction of sp³-hybridized carbons (Fsp3) is 0.0833. The standard InChI is InChI=1S/C24H16BrNO6/c1-31-18-4-2-3-14(11-18)21(27)13-32-24(30)15-5-10-19-20(12-15)23(29)26(22(19)28)17-8-6-16(25)7-9-17/h2-12H,13H2,1H3. The molecule has 0 bridgehead atoms. The summed E-state index contributed by atoms with van der Waals surface area (Å²) in [5.74, 6) is -1.66. The van der Waals surface area contributed by atoms with Gasteiger partial charge in [-0.05, 0) is 54.6 Å². The minimum atomic E-state index is -0.772. The zero-order chi connectivity index (χ0) is 22.8. The molecule has 0 aromatic heterocycles. The molecular weight excluding hydrogens is 478 g/mol. The average Bonchev–Trinajstić information content (AvgIpc) is 3.07. The molecule has 1 aliphatic heterocycles. The van der Waals surface area contributed by atoms with Crippen molar-refractivity contribution in [2.45, 2.75) is 0 Å². The third kappa shape index (κ3) is 4.04. The van der Waals surface area contributed by atoms with Gasteiger partial charge in [-0.1, -0.05) is 28.1 Å². The lowest BCUT2D eigenvalue weighted by Crippen LogP contribution is -2.29. The van der Waals surface area contributed by atoms with Crippen molar-refractivity contribution in [1.82, 2.24) is 0 Å². The van der Waals surface area contributed by atoms with Gasteiger partial charge in [0.05, 0.1) is 29.5 Å². The van der Waals surface area contributed by atoms with Crippen LogP contribution in [0.4, 0.5) is 5.69 Å². The van der Waals surface area contributed by atoms with Gasteiger partial charge >= 0.3 is 5.97 Å². The van der Waals surface area contributed by atoms with Crippen molar-refractivity contribution in [3.05, 3.63) is 93.5 Å². The highest BCUT2D eigenvalue weighted by Gasteiger charge is 2.37. The highest BCUT2D eigenvalue weighted by atomic mass is 79.9. The maximum atomic E-state index is 12.9. The van der Waals surface area contributed by atoms with Crippen molar-refractivity contribution >= 4 is 45.2 Å². The van der Waals surface area contributed by atoms with Crippen LogP contribution < -0.4 is 9.64 Å². The molecule has 0 spiro atoms. The Kier molecular flexibility index (Phi) is 5.87. The molecule has 32 heavy (non-hydrogen) atoms. The summed E-state index contributed by atoms with van der Waals surface area (Å²) in [6.45, 7) is -0.471. The third-order valence-electron chi connectivity index (χ3n) is 4.93. The molecule has 0 radical (unpaired) electrons. The lowest BCUT2D eigenvalue weighted by Gasteiger charge is -2.13. The topological polar surface area (TPSA) is 90.0 Å². The Labute approximate surface area is 191 Å². The first-order chi connectivity index (χ1) is 15.4. The number of carbonyl (C=O) groups excluding carboxylic acids is 4. The fourth-order valence-corrected chi connectivity index (χ4v) is 3.55. The molecule has 1 heterocycles. The molecule has 8 heteroatoms. The number of hydrogen-bond acceptors (Lipinski definition) is 6. The Hall–Kier alpha value is -3.78. The maximum Gasteiger partial charge on any atom is 0.338 e. The summed E-state index contributed by atoms with van der Waals surface area (Å²) < 4.78 is 11.0. The molecular formula is C24H16BrNO6. The summed E-state index contributed by atoms with van der Waals surface area (Å²) in [7, 11) is 1.49. The van der Waals surface area contributed by atoms with Crippen LogP contribution in [0.3, 0.4) is 0 Å². The van der Waals surface area contributed by atoms with E-state index in [1.165, 1.54) is 25.3 Å². The van der Waals surface area contributed by atoms with Crippen LogP contribution in [0.15, 0.2) is 71.2 Å². The lowest BCUT2D eigenvalue weighted by atomic mass is 10.1. The Morgan fingerprint density at radius 3 is 2.31 bits per heavy atom. The second kappa shape index (κ2) is 8.76. The molecule has 0 N–H and O–H groups in total. The van der Waals surface area contributed by atoms with E-state index in [-0.39, 0.29) is 16.7 Å². The minimum absolute atomic E-state index is 0.0704. The summed E-state index contributed by atoms with van der Waals surface area (Å²) in [5.41, 5.74) is 1.14. The smallest absolute Gasteiger partial charge is 0.338 e. The molecule has 0 fully saturated rings. The number of esters is 1. The zero-order valence-corrected chi connectivity index (χ0v) is 18.4. The number of benzene rings is 3. The van der Waals surface area contributed by atoms with Crippen molar-refractivity contribution in [2.75, 3.05) is 18.6 Å². The molecule has 0 saturated carbocycles. The molecule has 3 aromatic rings. The Bertz CT molecular complexity index is 1250. The monoisotopic (exact) mass is 493 g/mol. The molecule has 0 saturated heterocycles. The molecule has 3 aromatic carbocycles. The summed E-state index contributed by atoms with van der Waals surface area (Å²) in [6, 6.07) is 17.4. The third-order valence-corrected chi connectivity index (χ3v) is 5.46. The van der Waals surface area contributed by atoms with Gasteiger partial charge in [0.15, 0.2) is 12.4 Å². The summed E-state index contributed by atoms with van der Waals surface area (Å²) in [6.07, 6.45) is 0. The lowest BCUT2D eigenvalue weighted by molar-refractivity contribution is 0.0474. The van der Waals surface area contributed by atoms with E-state index in [4.69, 9.17) is 9.47 Å². The van der Waals surface area contributed by atoms with E-state index in [1.54, 1.807) is 48.5 Å². The number of methoxy groups -OCH3 is 1. The highest BCUT2D eigenvalue weighted by Crippen LogP contribution is 2.30. The largest absolute Gasteiger partial charge is 0.497 e. The van der Waals surface area contributed by atoms with E-state index in [1.807, 2.05) is 0 Å². The number of ether oxygens (including phenoxy) is 2. The predicted molar refractivity (Wildman–Crippen MR) is 119 cm³/mol. The Morgan fingerprint density at radius 2 is 1.59 bits per heavy atom. The average molecular weight is 494 g/mol. The number of Topliss-reactive ketones (excluding diaryl/α,β-unsaturated/α-hetero) is 1. The van der Waals surface area contributed by atoms with E-state index >= 15 is 0 Å². The number of anilines is 1. The van der Waals surface area contributed by atoms with Crippen LogP contribution in [-0.2, 0) is 4.74 Å². The fourth-order valence-electron chi connectivity index (χ4n) is 3.29. The first-order valence-corrected chi connectivity index (χ1v) is 10.3. The molecule has 160 valence electrons. The van der Waals surface area contributed by atoms with Gasteiger partial charge in [-0.25, -0.2) is 9.69 Å². The predicted octanol–water partition coefficient (Wildman–Crippen LogP) is 4.30. The van der Waals surface area contributed by atoms with Crippen LogP contribution in [0.25, 0.3) is 0 Å². The highest BCUT2D eigenvalue weighted by molar-refractivity contribution is 9.10. The second-order valence-electron chi connectivity index (χ2n) is 6.91. The van der Waals surface area contributed by atoms with Gasteiger partial charge in [-0.15, -0.1) is 0 Å². The normalized spacial score (nSPS) is 12.5. The van der Waals surface area contributed by atoms with Gasteiger partial charge in [-0.3, -0.25) is 14.4 Å². The van der Waals surface area contributed by atoms with E-state index in [0.29, 0.717) is 17.0 Å². The van der Waals surface area contributed by atoms with Gasteiger partial charge in [0, 0.05) is 10.0 Å². The van der Waals surface area contributed by atoms with Gasteiger partial charge in [0.1, 0.15) is 5.75 Å². The number of fused-ring (bicyclic) bond motifs is 1. The first kappa shape index (κ1) is 21.5. The van der Waals surface area contributed by atoms with E-state index < -0.39 is 30.2 Å². The van der Waals surface area contributed by atoms with E-state index in [2.05, 4.69) is 15.9 Å². The SMILES string of the molecule is COc1cccc(C(=O)COC(=O)c2ccc3c(c2)C(=O)N(c2ccc(Br)cc2)C3=O)c1. The van der Waals surface area contributed by atoms with Crippen LogP contribution in [0.2, 0.25) is 0 Å². The van der Waals surface area contributed by atoms with Crippen LogP contribution in [0.1, 0.15) is 41.4 Å². The van der Waals surface area contributed by atoms with Crippen LogP contribution in [0, 0.1) is 0 Å². The van der Waals surface area contributed by atoms with Gasteiger partial charge < -0.3 is 9.47 Å². The molecule has 1 aliphatic rings. The molecule has 2 amide bonds. The minimum Gasteiger partial charge on any atom is -0.497 e. The van der Waals surface area contributed by atoms with Crippen molar-refractivity contribution < 1.29 is 28.7 Å². The maximum absolute atomic E-state index is 12.9. The number of amides is 2. The van der Waals surface area contributed by atoms with Crippen LogP contribution >= 0.6 is 15.9 Å². The first-order valence-electron chi connectivity index (χ1n) is 9.52. The van der Waals surface area contributed by atoms with E-state index in [9.17, 15) is 19.2 Å². The van der Waals surface area contributed by atoms with Gasteiger partial charge in [-0.2, -0.15) is 0 Å². The summed E-state index contributed by atoms with van der Waals surface area (Å²) in [4.78, 5) is 51.4. The number of carbonyl (C=O) groups is 4. The second-order valence-corrected chi connectivity index (χ2v) is 7.83. The number of imide groups is 1. The molecule has 4 rings (SSSR count). The van der Waals surface area contributed by atoms with Crippen LogP contribution in [0.5, 0.6) is 5.75 Å².